The van der Waals surface area contributed by atoms with Crippen molar-refractivity contribution in [3.63, 3.8) is 0 Å². The van der Waals surface area contributed by atoms with Crippen molar-refractivity contribution in [2.75, 3.05) is 18.5 Å². The van der Waals surface area contributed by atoms with E-state index in [-0.39, 0.29) is 31.4 Å². The Labute approximate surface area is 206 Å². The van der Waals surface area contributed by atoms with Gasteiger partial charge in [-0.25, -0.2) is 23.4 Å². The predicted molar refractivity (Wildman–Crippen MR) is 132 cm³/mol. The second-order valence-electron chi connectivity index (χ2n) is 7.77. The minimum atomic E-state index is -0.528. The van der Waals surface area contributed by atoms with Gasteiger partial charge in [0.2, 0.25) is 0 Å². The topological polar surface area (TPSA) is 89.6 Å². The molecule has 0 bridgehead atoms. The fraction of sp³-hybridized carbons (Fsp3) is 0.148. The van der Waals surface area contributed by atoms with Gasteiger partial charge in [-0.3, -0.25) is 0 Å². The summed E-state index contributed by atoms with van der Waals surface area (Å²) in [5.41, 5.74) is 2.96. The summed E-state index contributed by atoms with van der Waals surface area (Å²) < 4.78 is 37.1. The Balaban J connectivity index is 1.57. The van der Waals surface area contributed by atoms with E-state index < -0.39 is 12.0 Å². The minimum Gasteiger partial charge on any atom is -0.481 e. The molecule has 2 N–H and O–H groups in total. The van der Waals surface area contributed by atoms with Gasteiger partial charge in [0.05, 0.1) is 17.8 Å². The molecule has 0 aliphatic rings. The van der Waals surface area contributed by atoms with Crippen LogP contribution in [0.5, 0.6) is 5.75 Å². The molecule has 1 heterocycles. The maximum Gasteiger partial charge on any atom is 0.344 e. The van der Waals surface area contributed by atoms with Gasteiger partial charge in [0.25, 0.3) is 0 Å². The van der Waals surface area contributed by atoms with Crippen LogP contribution in [0.25, 0.3) is 22.2 Å². The minimum absolute atomic E-state index is 0.218. The van der Waals surface area contributed by atoms with E-state index >= 15 is 0 Å². The summed E-state index contributed by atoms with van der Waals surface area (Å²) in [6, 6.07) is 17.9. The van der Waals surface area contributed by atoms with Gasteiger partial charge in [-0.15, -0.1) is 0 Å². The van der Waals surface area contributed by atoms with E-state index in [1.54, 1.807) is 55.5 Å². The van der Waals surface area contributed by atoms with Gasteiger partial charge in [0.15, 0.2) is 6.61 Å². The van der Waals surface area contributed by atoms with Crippen LogP contribution in [-0.2, 0) is 16.1 Å². The Bertz CT molecular complexity index is 1380. The lowest BCUT2D eigenvalue weighted by Crippen LogP contribution is -2.28. The molecule has 3 aromatic carbocycles. The molecule has 4 aromatic rings. The third-order valence-corrected chi connectivity index (χ3v) is 5.19. The molecule has 0 aliphatic heterocycles. The highest BCUT2D eigenvalue weighted by Crippen LogP contribution is 2.32. The lowest BCUT2D eigenvalue weighted by molar-refractivity contribution is -0.145. The Kier molecular flexibility index (Phi) is 7.69. The number of fused-ring (bicyclic) bond motifs is 1. The molecule has 0 fully saturated rings. The van der Waals surface area contributed by atoms with Crippen LogP contribution in [-0.4, -0.2) is 30.2 Å². The van der Waals surface area contributed by atoms with Crippen LogP contribution in [0.2, 0.25) is 0 Å². The number of urea groups is 1. The zero-order valence-corrected chi connectivity index (χ0v) is 19.4. The maximum absolute atomic E-state index is 13.4. The van der Waals surface area contributed by atoms with Crippen LogP contribution >= 0.6 is 0 Å². The van der Waals surface area contributed by atoms with Gasteiger partial charge in [-0.1, -0.05) is 12.1 Å². The van der Waals surface area contributed by atoms with Crippen molar-refractivity contribution >= 4 is 28.6 Å². The molecule has 1 aromatic heterocycles. The van der Waals surface area contributed by atoms with Gasteiger partial charge in [0.1, 0.15) is 17.4 Å². The average Bonchev–Trinajstić information content (AvgIpc) is 2.87. The Morgan fingerprint density at radius 3 is 2.31 bits per heavy atom. The standard InChI is InChI=1S/C27H23F2N3O4/c1-2-35-26(33)16-36-25-14-24(18-5-9-20(29)10-6-18)32-23-12-11-21(13-22(23)25)31-27(34)30-15-17-3-7-19(28)8-4-17/h3-14H,2,15-16H2,1H3,(H2,30,31,34). The summed E-state index contributed by atoms with van der Waals surface area (Å²) in [5, 5.41) is 6.00. The van der Waals surface area contributed by atoms with Crippen molar-refractivity contribution in [1.82, 2.24) is 10.3 Å². The first kappa shape index (κ1) is 24.6. The summed E-state index contributed by atoms with van der Waals surface area (Å²) in [7, 11) is 0. The van der Waals surface area contributed by atoms with E-state index in [1.807, 2.05) is 0 Å². The number of esters is 1. The highest BCUT2D eigenvalue weighted by atomic mass is 19.1. The van der Waals surface area contributed by atoms with Gasteiger partial charge in [-0.2, -0.15) is 0 Å². The zero-order valence-electron chi connectivity index (χ0n) is 19.4. The first-order chi connectivity index (χ1) is 17.4. The Hall–Kier alpha value is -4.53. The number of amides is 2. The molecule has 2 amide bonds. The van der Waals surface area contributed by atoms with E-state index in [1.165, 1.54) is 24.3 Å². The summed E-state index contributed by atoms with van der Waals surface area (Å²) in [6.45, 7) is 1.83. The van der Waals surface area contributed by atoms with Crippen LogP contribution in [0.4, 0.5) is 19.3 Å². The first-order valence-electron chi connectivity index (χ1n) is 11.2. The summed E-state index contributed by atoms with van der Waals surface area (Å²) in [4.78, 5) is 28.9. The number of halogens is 2. The van der Waals surface area contributed by atoms with E-state index in [4.69, 9.17) is 9.47 Å². The van der Waals surface area contributed by atoms with Crippen LogP contribution in [0.3, 0.4) is 0 Å². The van der Waals surface area contributed by atoms with Crippen molar-refractivity contribution in [3.8, 4) is 17.0 Å². The molecule has 0 spiro atoms. The number of anilines is 1. The second-order valence-corrected chi connectivity index (χ2v) is 7.77. The van der Waals surface area contributed by atoms with Crippen molar-refractivity contribution in [2.45, 2.75) is 13.5 Å². The molecule has 4 rings (SSSR count). The van der Waals surface area contributed by atoms with E-state index in [9.17, 15) is 18.4 Å². The molecule has 7 nitrogen and oxygen atoms in total. The number of pyridine rings is 1. The number of carbonyl (C=O) groups excluding carboxylic acids is 2. The van der Waals surface area contributed by atoms with Crippen molar-refractivity contribution in [2.24, 2.45) is 0 Å². The van der Waals surface area contributed by atoms with E-state index in [0.29, 0.717) is 33.6 Å². The molecule has 9 heteroatoms. The highest BCUT2D eigenvalue weighted by molar-refractivity contribution is 5.95. The number of nitrogens with one attached hydrogen (secondary N) is 2. The highest BCUT2D eigenvalue weighted by Gasteiger charge is 2.13. The maximum atomic E-state index is 13.4. The average molecular weight is 491 g/mol. The van der Waals surface area contributed by atoms with Crippen LogP contribution in [0, 0.1) is 11.6 Å². The molecule has 0 saturated carbocycles. The van der Waals surface area contributed by atoms with Gasteiger partial charge in [-0.05, 0) is 67.1 Å². The first-order valence-corrected chi connectivity index (χ1v) is 11.2. The number of benzene rings is 3. The molecule has 36 heavy (non-hydrogen) atoms. The monoisotopic (exact) mass is 491 g/mol. The summed E-state index contributed by atoms with van der Waals surface area (Å²) in [6.07, 6.45) is 0. The Morgan fingerprint density at radius 1 is 0.917 bits per heavy atom. The number of aromatic nitrogens is 1. The SMILES string of the molecule is CCOC(=O)COc1cc(-c2ccc(F)cc2)nc2ccc(NC(=O)NCc3ccc(F)cc3)cc12. The normalized spacial score (nSPS) is 10.6. The Morgan fingerprint density at radius 2 is 1.61 bits per heavy atom. The quantitative estimate of drug-likeness (QED) is 0.320. The van der Waals surface area contributed by atoms with Crippen molar-refractivity contribution in [1.29, 1.82) is 0 Å². The van der Waals surface area contributed by atoms with E-state index in [0.717, 1.165) is 5.56 Å². The molecule has 0 saturated heterocycles. The second kappa shape index (κ2) is 11.3. The molecule has 0 radical (unpaired) electrons. The molecule has 184 valence electrons. The lowest BCUT2D eigenvalue weighted by Gasteiger charge is -2.13. The summed E-state index contributed by atoms with van der Waals surface area (Å²) in [5.74, 6) is -0.897. The summed E-state index contributed by atoms with van der Waals surface area (Å²) >= 11 is 0. The third-order valence-electron chi connectivity index (χ3n) is 5.19. The predicted octanol–water partition coefficient (Wildman–Crippen LogP) is 5.44. The van der Waals surface area contributed by atoms with Crippen LogP contribution in [0.15, 0.2) is 72.8 Å². The number of rotatable bonds is 8. The van der Waals surface area contributed by atoms with Gasteiger partial charge >= 0.3 is 12.0 Å². The molecule has 0 aliphatic carbocycles. The number of carbonyl (C=O) groups is 2. The smallest absolute Gasteiger partial charge is 0.344 e. The van der Waals surface area contributed by atoms with Gasteiger partial charge in [0, 0.05) is 29.2 Å². The van der Waals surface area contributed by atoms with Crippen LogP contribution < -0.4 is 15.4 Å². The largest absolute Gasteiger partial charge is 0.481 e. The third kappa shape index (κ3) is 6.32. The molecule has 0 unspecified atom stereocenters. The molecule has 0 atom stereocenters. The molecular weight excluding hydrogens is 468 g/mol. The zero-order chi connectivity index (χ0) is 25.5. The number of nitrogens with zero attached hydrogens (tertiary/aromatic N) is 1. The fourth-order valence-electron chi connectivity index (χ4n) is 3.46. The lowest BCUT2D eigenvalue weighted by atomic mass is 10.1. The van der Waals surface area contributed by atoms with Crippen molar-refractivity contribution < 1.29 is 27.8 Å². The number of hydrogen-bond acceptors (Lipinski definition) is 5. The van der Waals surface area contributed by atoms with E-state index in [2.05, 4.69) is 15.6 Å². The number of ether oxygens (including phenoxy) is 2. The van der Waals surface area contributed by atoms with Gasteiger partial charge < -0.3 is 20.1 Å². The molecular formula is C27H23F2N3O4. The van der Waals surface area contributed by atoms with Crippen LogP contribution in [0.1, 0.15) is 12.5 Å². The fourth-order valence-corrected chi connectivity index (χ4v) is 3.46. The van der Waals surface area contributed by atoms with Crippen molar-refractivity contribution in [3.05, 3.63) is 90.0 Å². The number of hydrogen-bond donors (Lipinski definition) is 2.